The summed E-state index contributed by atoms with van der Waals surface area (Å²) >= 11 is 10.3. The van der Waals surface area contributed by atoms with Gasteiger partial charge in [-0.15, -0.1) is 12.6 Å². The second-order valence-electron chi connectivity index (χ2n) is 13.4. The zero-order chi connectivity index (χ0) is 36.9. The van der Waals surface area contributed by atoms with Crippen LogP contribution in [-0.2, 0) is 11.2 Å². The van der Waals surface area contributed by atoms with Gasteiger partial charge in [-0.2, -0.15) is 0 Å². The minimum atomic E-state index is 0.201. The van der Waals surface area contributed by atoms with Crippen LogP contribution >= 0.6 is 24.2 Å². The number of H-pyrrole nitrogens is 1. The van der Waals surface area contributed by atoms with Gasteiger partial charge in [-0.05, 0) is 116 Å². The largest absolute Gasteiger partial charge is 0.506 e. The SMILES string of the molecule is CO.COCCNc1ccc(S)cc1N.Clc1ccc(C2CCCCN2CC2CCN(c3ccc4c(c3)C4)CC2)cc1.Oc1cnc2[nH]ccc2c1. The van der Waals surface area contributed by atoms with Crippen LogP contribution < -0.4 is 16.0 Å². The van der Waals surface area contributed by atoms with Crippen molar-refractivity contribution in [3.05, 3.63) is 107 Å². The third-order valence-corrected chi connectivity index (χ3v) is 10.4. The number of ether oxygens (including phenoxy) is 1. The first-order valence-corrected chi connectivity index (χ1v) is 18.9. The first kappa shape index (κ1) is 39.3. The van der Waals surface area contributed by atoms with Gasteiger partial charge in [-0.1, -0.05) is 36.2 Å². The topological polar surface area (TPSA) is 123 Å². The summed E-state index contributed by atoms with van der Waals surface area (Å²) in [6.45, 7) is 6.35. The minimum Gasteiger partial charge on any atom is -0.506 e. The van der Waals surface area contributed by atoms with Crippen LogP contribution in [0.1, 0.15) is 54.8 Å². The number of hydrogen-bond acceptors (Lipinski definition) is 9. The summed E-state index contributed by atoms with van der Waals surface area (Å²) in [5.41, 5.74) is 14.2. The fraction of sp³-hybridized carbons (Fsp3) is 0.390. The van der Waals surface area contributed by atoms with E-state index < -0.39 is 0 Å². The lowest BCUT2D eigenvalue weighted by Crippen LogP contribution is -2.41. The normalized spacial score (nSPS) is 16.7. The van der Waals surface area contributed by atoms with Gasteiger partial charge < -0.3 is 35.9 Å². The number of anilines is 3. The highest BCUT2D eigenvalue weighted by Crippen LogP contribution is 2.36. The molecule has 4 heterocycles. The molecule has 2 saturated heterocycles. The number of nitrogens with two attached hydrogens (primary N) is 1. The highest BCUT2D eigenvalue weighted by atomic mass is 35.5. The Morgan fingerprint density at radius 1 is 0.962 bits per heavy atom. The number of pyridine rings is 1. The van der Waals surface area contributed by atoms with Gasteiger partial charge in [0.05, 0.1) is 24.2 Å². The van der Waals surface area contributed by atoms with E-state index in [0.717, 1.165) is 46.2 Å². The summed E-state index contributed by atoms with van der Waals surface area (Å²) < 4.78 is 4.91. The zero-order valence-corrected chi connectivity index (χ0v) is 31.9. The fourth-order valence-electron chi connectivity index (χ4n) is 6.98. The lowest BCUT2D eigenvalue weighted by atomic mass is 9.91. The molecule has 6 N–H and O–H groups in total. The van der Waals surface area contributed by atoms with Crippen molar-refractivity contribution in [3.63, 3.8) is 0 Å². The van der Waals surface area contributed by atoms with Crippen molar-refractivity contribution in [1.82, 2.24) is 14.9 Å². The number of aromatic hydroxyl groups is 1. The molecule has 2 aliphatic heterocycles. The van der Waals surface area contributed by atoms with Crippen LogP contribution in [0.15, 0.2) is 90.1 Å². The summed E-state index contributed by atoms with van der Waals surface area (Å²) in [6, 6.07) is 25.4. The van der Waals surface area contributed by atoms with E-state index >= 15 is 0 Å². The Kier molecular flexibility index (Phi) is 14.9. The first-order valence-electron chi connectivity index (χ1n) is 18.1. The van der Waals surface area contributed by atoms with E-state index in [-0.39, 0.29) is 5.75 Å². The van der Waals surface area contributed by atoms with Crippen LogP contribution in [0.4, 0.5) is 17.1 Å². The Morgan fingerprint density at radius 3 is 2.48 bits per heavy atom. The molecule has 52 heavy (non-hydrogen) atoms. The van der Waals surface area contributed by atoms with Crippen LogP contribution in [0.5, 0.6) is 5.75 Å². The maximum atomic E-state index is 8.97. The molecule has 2 fully saturated rings. The van der Waals surface area contributed by atoms with Crippen molar-refractivity contribution < 1.29 is 14.9 Å². The van der Waals surface area contributed by atoms with Gasteiger partial charge in [-0.25, -0.2) is 4.98 Å². The fourth-order valence-corrected chi connectivity index (χ4v) is 7.32. The Labute approximate surface area is 318 Å². The molecular formula is C41H53ClN6O3S. The zero-order valence-electron chi connectivity index (χ0n) is 30.3. The summed E-state index contributed by atoms with van der Waals surface area (Å²) in [7, 11) is 2.67. The average molecular weight is 745 g/mol. The van der Waals surface area contributed by atoms with Crippen molar-refractivity contribution in [2.75, 3.05) is 69.5 Å². The number of rotatable bonds is 8. The molecule has 2 aromatic heterocycles. The first-order chi connectivity index (χ1) is 25.4. The van der Waals surface area contributed by atoms with Gasteiger partial charge >= 0.3 is 0 Å². The van der Waals surface area contributed by atoms with Crippen molar-refractivity contribution in [2.45, 2.75) is 49.5 Å². The number of halogens is 1. The van der Waals surface area contributed by atoms with Crippen molar-refractivity contribution >= 4 is 52.3 Å². The van der Waals surface area contributed by atoms with Crippen LogP contribution in [0.3, 0.4) is 0 Å². The molecule has 0 spiro atoms. The summed E-state index contributed by atoms with van der Waals surface area (Å²) in [5.74, 6) is 1.03. The molecular weight excluding hydrogens is 692 g/mol. The monoisotopic (exact) mass is 744 g/mol. The van der Waals surface area contributed by atoms with Gasteiger partial charge in [-0.3, -0.25) is 4.90 Å². The number of piperidine rings is 2. The van der Waals surface area contributed by atoms with Gasteiger partial charge in [0.15, 0.2) is 0 Å². The van der Waals surface area contributed by atoms with Gasteiger partial charge in [0, 0.05) is 73.6 Å². The number of benzene rings is 3. The Balaban J connectivity index is 0.000000173. The summed E-state index contributed by atoms with van der Waals surface area (Å²) in [5, 5.41) is 20.9. The third kappa shape index (κ3) is 11.3. The third-order valence-electron chi connectivity index (χ3n) is 9.83. The molecule has 0 bridgehead atoms. The van der Waals surface area contributed by atoms with Gasteiger partial charge in [0.2, 0.25) is 0 Å². The number of methoxy groups -OCH3 is 1. The molecule has 0 amide bonds. The molecule has 9 nitrogen and oxygen atoms in total. The Hall–Kier alpha value is -3.93. The molecule has 278 valence electrons. The molecule has 5 aromatic rings. The van der Waals surface area contributed by atoms with Crippen LogP contribution in [0.25, 0.3) is 11.0 Å². The molecule has 0 radical (unpaired) electrons. The summed E-state index contributed by atoms with van der Waals surface area (Å²) in [4.78, 5) is 13.1. The molecule has 8 rings (SSSR count). The molecule has 1 aliphatic carbocycles. The minimum absolute atomic E-state index is 0.201. The maximum absolute atomic E-state index is 8.97. The summed E-state index contributed by atoms with van der Waals surface area (Å²) in [6.07, 6.45) is 11.0. The van der Waals surface area contributed by atoms with Crippen molar-refractivity contribution in [1.29, 1.82) is 0 Å². The number of thiol groups is 1. The van der Waals surface area contributed by atoms with E-state index in [2.05, 4.69) is 68.0 Å². The molecule has 1 unspecified atom stereocenters. The Morgan fingerprint density at radius 2 is 1.75 bits per heavy atom. The highest BCUT2D eigenvalue weighted by molar-refractivity contribution is 7.80. The molecule has 3 aromatic carbocycles. The predicted molar refractivity (Wildman–Crippen MR) is 218 cm³/mol. The number of aliphatic hydroxyl groups is 1. The number of aliphatic hydroxyl groups excluding tert-OH is 1. The Bertz CT molecular complexity index is 1830. The van der Waals surface area contributed by atoms with Crippen molar-refractivity contribution in [2.24, 2.45) is 5.92 Å². The van der Waals surface area contributed by atoms with Crippen LogP contribution in [-0.4, -0.2) is 78.6 Å². The van der Waals surface area contributed by atoms with Crippen LogP contribution in [0, 0.1) is 5.92 Å². The second kappa shape index (κ2) is 19.8. The smallest absolute Gasteiger partial charge is 0.137 e. The number of nitrogens with zero attached hydrogens (tertiary/aromatic N) is 3. The second-order valence-corrected chi connectivity index (χ2v) is 14.4. The number of likely N-dealkylation sites (tertiary alicyclic amines) is 1. The number of nitrogens with one attached hydrogen (secondary N) is 2. The number of fused-ring (bicyclic) bond motifs is 2. The highest BCUT2D eigenvalue weighted by Gasteiger charge is 2.29. The van der Waals surface area contributed by atoms with Gasteiger partial charge in [0.25, 0.3) is 0 Å². The number of hydrogen-bond donors (Lipinski definition) is 6. The van der Waals surface area contributed by atoms with Crippen molar-refractivity contribution in [3.8, 4) is 5.75 Å². The molecule has 3 aliphatic rings. The van der Waals surface area contributed by atoms with E-state index in [1.165, 1.54) is 82.2 Å². The van der Waals surface area contributed by atoms with Crippen LogP contribution in [0.2, 0.25) is 5.02 Å². The lowest BCUT2D eigenvalue weighted by Gasteiger charge is -2.41. The number of aromatic nitrogens is 2. The van der Waals surface area contributed by atoms with E-state index in [1.807, 2.05) is 36.4 Å². The average Bonchev–Trinajstić information content (AvgIpc) is 3.81. The molecule has 11 heteroatoms. The lowest BCUT2D eigenvalue weighted by molar-refractivity contribution is 0.117. The van der Waals surface area contributed by atoms with E-state index in [9.17, 15) is 0 Å². The number of aromatic amines is 1. The predicted octanol–water partition coefficient (Wildman–Crippen LogP) is 8.18. The molecule has 1 atom stereocenters. The van der Waals surface area contributed by atoms with E-state index in [1.54, 1.807) is 30.5 Å². The molecule has 0 saturated carbocycles. The van der Waals surface area contributed by atoms with E-state index in [4.69, 9.17) is 32.3 Å². The number of nitrogen functional groups attached to an aromatic ring is 1. The van der Waals surface area contributed by atoms with E-state index in [0.29, 0.717) is 18.3 Å². The van der Waals surface area contributed by atoms with Gasteiger partial charge in [0.1, 0.15) is 11.4 Å². The maximum Gasteiger partial charge on any atom is 0.137 e. The standard InChI is InChI=1S/C24H29ClN2.C9H14N2OS.C7H6N2O.CH4O/c25-22-7-4-19(5-8-22)24-3-1-2-12-27(24)17-18-10-13-26(14-11-18)23-9-6-20-15-21(20)16-23;1-12-5-4-11-9-3-2-7(13)6-8(9)10;10-6-3-5-1-2-8-7(5)9-4-6;1-2/h4-9,16,18,24H,1-3,10-15,17H2;2-3,6,11,13H,4-5,10H2,1H3;1-4,10H,(H,8,9);2H,1H3. The quantitative estimate of drug-likeness (QED) is 0.0524.